The molecule has 0 radical (unpaired) electrons. The number of nitrogen functional groups attached to an aromatic ring is 1. The zero-order valence-corrected chi connectivity index (χ0v) is 21.4. The summed E-state index contributed by atoms with van der Waals surface area (Å²) >= 11 is 6.20. The SMILES string of the molecule is Nc1nc(Cl)nc2c1n(-c1cc(F)c(F)cc1C1CC1)n[n+]2C1CC(OCCO)CC1OC1(O)CCCC1. The normalized spacial score (nSPS) is 25.0. The summed E-state index contributed by atoms with van der Waals surface area (Å²) in [5.74, 6) is -3.06. The molecule has 10 nitrogen and oxygen atoms in total. The number of benzene rings is 1. The van der Waals surface area contributed by atoms with Gasteiger partial charge in [-0.15, -0.1) is 9.36 Å². The molecular weight excluding hydrogens is 522 g/mol. The molecule has 3 fully saturated rings. The maximum Gasteiger partial charge on any atom is 0.330 e. The average Bonchev–Trinajstić information content (AvgIpc) is 3.35. The van der Waals surface area contributed by atoms with Crippen LogP contribution in [0.3, 0.4) is 0 Å². The van der Waals surface area contributed by atoms with Crippen molar-refractivity contribution < 1.29 is 33.1 Å². The lowest BCUT2D eigenvalue weighted by molar-refractivity contribution is -0.764. The van der Waals surface area contributed by atoms with E-state index in [0.29, 0.717) is 48.1 Å². The van der Waals surface area contributed by atoms with E-state index < -0.39 is 29.6 Å². The Morgan fingerprint density at radius 1 is 1.16 bits per heavy atom. The topological polar surface area (TPSA) is 132 Å². The van der Waals surface area contributed by atoms with Crippen LogP contribution in [0.5, 0.6) is 0 Å². The van der Waals surface area contributed by atoms with Crippen LogP contribution in [0.2, 0.25) is 5.28 Å². The zero-order valence-electron chi connectivity index (χ0n) is 20.7. The van der Waals surface area contributed by atoms with Crippen LogP contribution in [0, 0.1) is 11.6 Å². The van der Waals surface area contributed by atoms with E-state index in [-0.39, 0.29) is 36.3 Å². The Labute approximate surface area is 222 Å². The molecule has 3 aliphatic carbocycles. The molecule has 6 rings (SSSR count). The number of nitrogens with two attached hydrogens (primary N) is 1. The lowest BCUT2D eigenvalue weighted by Gasteiger charge is -2.28. The lowest BCUT2D eigenvalue weighted by atomic mass is 10.1. The first kappa shape index (κ1) is 25.8. The summed E-state index contributed by atoms with van der Waals surface area (Å²) in [6.45, 7) is 0.0373. The van der Waals surface area contributed by atoms with Crippen molar-refractivity contribution in [1.29, 1.82) is 0 Å². The molecule has 204 valence electrons. The smallest absolute Gasteiger partial charge is 0.330 e. The first-order chi connectivity index (χ1) is 18.3. The molecule has 0 amide bonds. The summed E-state index contributed by atoms with van der Waals surface area (Å²) in [7, 11) is 0. The summed E-state index contributed by atoms with van der Waals surface area (Å²) in [5, 5.41) is 25.0. The zero-order chi connectivity index (χ0) is 26.6. The number of aliphatic hydroxyl groups excluding tert-OH is 1. The van der Waals surface area contributed by atoms with Gasteiger partial charge in [-0.3, -0.25) is 0 Å². The van der Waals surface area contributed by atoms with E-state index in [1.54, 1.807) is 4.68 Å². The molecule has 3 atom stereocenters. The molecule has 4 N–H and O–H groups in total. The van der Waals surface area contributed by atoms with Gasteiger partial charge in [-0.2, -0.15) is 4.98 Å². The van der Waals surface area contributed by atoms with Gasteiger partial charge in [-0.05, 0) is 54.8 Å². The Kier molecular flexibility index (Phi) is 6.71. The van der Waals surface area contributed by atoms with E-state index in [9.17, 15) is 19.0 Å². The number of hydrogen-bond donors (Lipinski definition) is 3. The predicted molar refractivity (Wildman–Crippen MR) is 132 cm³/mol. The van der Waals surface area contributed by atoms with Gasteiger partial charge in [0.2, 0.25) is 5.52 Å². The van der Waals surface area contributed by atoms with E-state index in [2.05, 4.69) is 9.97 Å². The fourth-order valence-corrected chi connectivity index (χ4v) is 6.00. The fourth-order valence-electron chi connectivity index (χ4n) is 5.83. The number of ether oxygens (including phenoxy) is 2. The molecule has 0 spiro atoms. The second-order valence-corrected chi connectivity index (χ2v) is 10.8. The standard InChI is InChI=1S/C25H30ClF2N6O4/c26-24-30-22(29)21-23(31-24)34(32-33(21)18-12-17(28)16(27)11-15(18)13-3-4-13)19-9-14(37-8-7-35)10-20(19)38-25(36)5-1-2-6-25/h11-14,19-20,35-36H,1-10H2,(H2,29,30,31)/q+1. The molecule has 13 heteroatoms. The van der Waals surface area contributed by atoms with Gasteiger partial charge < -0.3 is 25.4 Å². The molecule has 3 aliphatic rings. The first-order valence-corrected chi connectivity index (χ1v) is 13.4. The van der Waals surface area contributed by atoms with Crippen molar-refractivity contribution >= 4 is 28.6 Å². The summed E-state index contributed by atoms with van der Waals surface area (Å²) in [6.07, 6.45) is 4.64. The minimum absolute atomic E-state index is 0.0377. The molecule has 3 aromatic rings. The van der Waals surface area contributed by atoms with Gasteiger partial charge in [0.15, 0.2) is 23.2 Å². The highest BCUT2D eigenvalue weighted by Crippen LogP contribution is 2.44. The Morgan fingerprint density at radius 3 is 2.61 bits per heavy atom. The third kappa shape index (κ3) is 4.73. The van der Waals surface area contributed by atoms with Gasteiger partial charge in [-0.1, -0.05) is 4.98 Å². The summed E-state index contributed by atoms with van der Waals surface area (Å²) in [5.41, 5.74) is 7.88. The monoisotopic (exact) mass is 551 g/mol. The van der Waals surface area contributed by atoms with Crippen LogP contribution in [0.1, 0.15) is 68.9 Å². The molecule has 0 saturated heterocycles. The van der Waals surface area contributed by atoms with Crippen molar-refractivity contribution in [3.05, 3.63) is 34.6 Å². The van der Waals surface area contributed by atoms with E-state index >= 15 is 0 Å². The minimum atomic E-state index is -1.25. The number of fused-ring (bicyclic) bond motifs is 1. The van der Waals surface area contributed by atoms with Crippen molar-refractivity contribution in [2.75, 3.05) is 18.9 Å². The summed E-state index contributed by atoms with van der Waals surface area (Å²) in [6, 6.07) is 1.88. The molecule has 2 aromatic heterocycles. The number of halogens is 3. The Bertz CT molecular complexity index is 1360. The third-order valence-electron chi connectivity index (χ3n) is 7.74. The van der Waals surface area contributed by atoms with E-state index in [1.165, 1.54) is 10.7 Å². The molecule has 3 unspecified atom stereocenters. The largest absolute Gasteiger partial charge is 0.394 e. The molecule has 1 aromatic carbocycles. The maximum absolute atomic E-state index is 14.5. The van der Waals surface area contributed by atoms with Crippen LogP contribution in [0.4, 0.5) is 14.6 Å². The Hall–Kier alpha value is -2.51. The number of anilines is 1. The van der Waals surface area contributed by atoms with Crippen LogP contribution in [-0.4, -0.2) is 61.3 Å². The molecule has 38 heavy (non-hydrogen) atoms. The fraction of sp³-hybridized carbons (Fsp3) is 0.600. The van der Waals surface area contributed by atoms with Gasteiger partial charge in [0.1, 0.15) is 11.7 Å². The highest BCUT2D eigenvalue weighted by Gasteiger charge is 2.47. The van der Waals surface area contributed by atoms with E-state index in [0.717, 1.165) is 31.7 Å². The predicted octanol–water partition coefficient (Wildman–Crippen LogP) is 2.85. The lowest BCUT2D eigenvalue weighted by Crippen LogP contribution is -2.49. The molecule has 3 saturated carbocycles. The van der Waals surface area contributed by atoms with Gasteiger partial charge in [0.05, 0.1) is 25.4 Å². The molecule has 0 bridgehead atoms. The van der Waals surface area contributed by atoms with Crippen molar-refractivity contribution in [1.82, 2.24) is 19.9 Å². The highest BCUT2D eigenvalue weighted by atomic mass is 35.5. The van der Waals surface area contributed by atoms with Crippen molar-refractivity contribution in [3.63, 3.8) is 0 Å². The number of aromatic nitrogens is 5. The van der Waals surface area contributed by atoms with Crippen molar-refractivity contribution in [2.24, 2.45) is 0 Å². The van der Waals surface area contributed by atoms with E-state index in [1.807, 2.05) is 0 Å². The Morgan fingerprint density at radius 2 is 1.89 bits per heavy atom. The number of rotatable bonds is 8. The van der Waals surface area contributed by atoms with Crippen LogP contribution in [0.15, 0.2) is 12.1 Å². The van der Waals surface area contributed by atoms with E-state index in [4.69, 9.17) is 32.0 Å². The molecule has 2 heterocycles. The third-order valence-corrected chi connectivity index (χ3v) is 7.91. The average molecular weight is 552 g/mol. The quantitative estimate of drug-likeness (QED) is 0.221. The van der Waals surface area contributed by atoms with Crippen LogP contribution in [-0.2, 0) is 9.47 Å². The summed E-state index contributed by atoms with van der Waals surface area (Å²) in [4.78, 5) is 8.51. The second kappa shape index (κ2) is 9.91. The van der Waals surface area contributed by atoms with Gasteiger partial charge in [0.25, 0.3) is 0 Å². The minimum Gasteiger partial charge on any atom is -0.394 e. The maximum atomic E-state index is 14.5. The van der Waals surface area contributed by atoms with Gasteiger partial charge >= 0.3 is 10.9 Å². The van der Waals surface area contributed by atoms with Gasteiger partial charge in [0, 0.05) is 37.0 Å². The molecular formula is C25H30ClF2N6O4+. The number of nitrogens with zero attached hydrogens (tertiary/aromatic N) is 5. The van der Waals surface area contributed by atoms with Crippen molar-refractivity contribution in [2.45, 2.75) is 81.3 Å². The highest BCUT2D eigenvalue weighted by molar-refractivity contribution is 6.28. The van der Waals surface area contributed by atoms with Crippen LogP contribution in [0.25, 0.3) is 16.9 Å². The Balaban J connectivity index is 1.49. The number of hydrogen-bond acceptors (Lipinski definition) is 8. The number of aliphatic hydroxyl groups is 2. The first-order valence-electron chi connectivity index (χ1n) is 13.0. The van der Waals surface area contributed by atoms with Gasteiger partial charge in [-0.25, -0.2) is 8.78 Å². The second-order valence-electron chi connectivity index (χ2n) is 10.5. The molecule has 0 aliphatic heterocycles. The van der Waals surface area contributed by atoms with Crippen LogP contribution < -0.4 is 10.4 Å². The van der Waals surface area contributed by atoms with Crippen molar-refractivity contribution in [3.8, 4) is 5.69 Å². The summed E-state index contributed by atoms with van der Waals surface area (Å²) < 4.78 is 43.9. The van der Waals surface area contributed by atoms with Crippen LogP contribution >= 0.6 is 11.6 Å².